The summed E-state index contributed by atoms with van der Waals surface area (Å²) in [4.78, 5) is 16.3. The molecule has 2 amide bonds. The topological polar surface area (TPSA) is 48.1 Å². The highest BCUT2D eigenvalue weighted by Gasteiger charge is 2.30. The summed E-state index contributed by atoms with van der Waals surface area (Å²) in [6, 6.07) is 5.64. The molecule has 1 atom stereocenters. The van der Waals surface area contributed by atoms with Crippen LogP contribution in [0, 0.1) is 0 Å². The van der Waals surface area contributed by atoms with E-state index in [2.05, 4.69) is 16.9 Å². The molecule has 2 N–H and O–H groups in total. The molecule has 5 heteroatoms. The smallest absolute Gasteiger partial charge is 0.321 e. The second kappa shape index (κ2) is 4.31. The molecule has 1 aromatic carbocycles. The van der Waals surface area contributed by atoms with Crippen LogP contribution >= 0.6 is 11.6 Å². The molecule has 0 saturated carbocycles. The van der Waals surface area contributed by atoms with Gasteiger partial charge in [-0.25, -0.2) is 4.79 Å². The summed E-state index contributed by atoms with van der Waals surface area (Å²) >= 11 is 6.14. The number of nitrogens with one attached hydrogen (secondary N) is 2. The van der Waals surface area contributed by atoms with Crippen LogP contribution in [0.5, 0.6) is 0 Å². The zero-order chi connectivity index (χ0) is 13.6. The Hall–Kier alpha value is -1.94. The number of benzene rings is 1. The summed E-state index contributed by atoms with van der Waals surface area (Å²) in [7, 11) is 1.73. The van der Waals surface area contributed by atoms with E-state index >= 15 is 0 Å². The maximum absolute atomic E-state index is 11.6. The molecule has 1 aromatic heterocycles. The number of para-hydroxylation sites is 1. The zero-order valence-corrected chi connectivity index (χ0v) is 11.3. The molecule has 1 aliphatic rings. The lowest BCUT2D eigenvalue weighted by Gasteiger charge is -2.11. The number of halogens is 1. The minimum absolute atomic E-state index is 0.0597. The lowest BCUT2D eigenvalue weighted by Crippen LogP contribution is -2.28. The molecule has 1 saturated heterocycles. The van der Waals surface area contributed by atoms with Gasteiger partial charge in [0.1, 0.15) is 0 Å². The third kappa shape index (κ3) is 1.88. The average Bonchev–Trinajstić information content (AvgIpc) is 2.90. The van der Waals surface area contributed by atoms with Crippen LogP contribution < -0.4 is 5.32 Å². The molecule has 1 fully saturated rings. The highest BCUT2D eigenvalue weighted by molar-refractivity contribution is 6.35. The van der Waals surface area contributed by atoms with Gasteiger partial charge in [0.15, 0.2) is 0 Å². The summed E-state index contributed by atoms with van der Waals surface area (Å²) in [5.74, 6) is 0. The number of aromatic nitrogens is 1. The summed E-state index contributed by atoms with van der Waals surface area (Å²) in [5.41, 5.74) is 2.85. The van der Waals surface area contributed by atoms with Crippen LogP contribution in [-0.2, 0) is 6.42 Å². The van der Waals surface area contributed by atoms with E-state index in [-0.39, 0.29) is 12.1 Å². The first-order valence-corrected chi connectivity index (χ1v) is 6.43. The van der Waals surface area contributed by atoms with Gasteiger partial charge in [-0.3, -0.25) is 4.90 Å². The normalized spacial score (nSPS) is 19.3. The summed E-state index contributed by atoms with van der Waals surface area (Å²) in [6.07, 6.45) is 2.64. The van der Waals surface area contributed by atoms with E-state index < -0.39 is 0 Å². The molecule has 0 bridgehead atoms. The maximum Gasteiger partial charge on any atom is 0.321 e. The monoisotopic (exact) mass is 275 g/mol. The lowest BCUT2D eigenvalue weighted by atomic mass is 10.0. The second-order valence-electron chi connectivity index (χ2n) is 4.73. The highest BCUT2D eigenvalue weighted by Crippen LogP contribution is 2.27. The van der Waals surface area contributed by atoms with Crippen molar-refractivity contribution >= 4 is 28.5 Å². The van der Waals surface area contributed by atoms with Gasteiger partial charge >= 0.3 is 6.03 Å². The Morgan fingerprint density at radius 1 is 1.47 bits per heavy atom. The van der Waals surface area contributed by atoms with Crippen LogP contribution in [0.4, 0.5) is 4.79 Å². The number of amides is 2. The van der Waals surface area contributed by atoms with E-state index in [9.17, 15) is 4.79 Å². The van der Waals surface area contributed by atoms with Gasteiger partial charge in [0, 0.05) is 30.7 Å². The van der Waals surface area contributed by atoms with Crippen LogP contribution in [-0.4, -0.2) is 29.0 Å². The number of H-pyrrole nitrogens is 1. The van der Waals surface area contributed by atoms with Crippen molar-refractivity contribution in [1.29, 1.82) is 0 Å². The Kier molecular flexibility index (Phi) is 2.75. The molecule has 4 nitrogen and oxygen atoms in total. The third-order valence-corrected chi connectivity index (χ3v) is 3.92. The maximum atomic E-state index is 11.6. The van der Waals surface area contributed by atoms with Crippen molar-refractivity contribution in [2.75, 3.05) is 7.05 Å². The van der Waals surface area contributed by atoms with E-state index in [0.717, 1.165) is 22.2 Å². The zero-order valence-electron chi connectivity index (χ0n) is 10.5. The molecule has 0 radical (unpaired) electrons. The van der Waals surface area contributed by atoms with Gasteiger partial charge in [0.25, 0.3) is 0 Å². The summed E-state index contributed by atoms with van der Waals surface area (Å²) in [6.45, 7) is 3.95. The highest BCUT2D eigenvalue weighted by atomic mass is 35.5. The lowest BCUT2D eigenvalue weighted by molar-refractivity contribution is 0.229. The van der Waals surface area contributed by atoms with Gasteiger partial charge in [0.05, 0.1) is 16.6 Å². The molecule has 19 heavy (non-hydrogen) atoms. The van der Waals surface area contributed by atoms with Crippen LogP contribution in [0.2, 0.25) is 5.02 Å². The quantitative estimate of drug-likeness (QED) is 0.870. The summed E-state index contributed by atoms with van der Waals surface area (Å²) < 4.78 is 0. The molecular weight excluding hydrogens is 262 g/mol. The Balaban J connectivity index is 1.93. The molecule has 98 valence electrons. The Morgan fingerprint density at radius 2 is 2.26 bits per heavy atom. The van der Waals surface area contributed by atoms with Crippen LogP contribution in [0.25, 0.3) is 10.9 Å². The van der Waals surface area contributed by atoms with E-state index in [1.165, 1.54) is 0 Å². The number of aromatic amines is 1. The fraction of sp³-hybridized carbons (Fsp3) is 0.214. The van der Waals surface area contributed by atoms with Gasteiger partial charge < -0.3 is 10.3 Å². The van der Waals surface area contributed by atoms with E-state index in [1.807, 2.05) is 24.4 Å². The minimum Gasteiger partial charge on any atom is -0.360 e. The number of likely N-dealkylation sites (N-methyl/N-ethyl adjacent to an activating group) is 1. The number of urea groups is 1. The molecular formula is C14H14ClN3O. The van der Waals surface area contributed by atoms with E-state index in [1.54, 1.807) is 11.9 Å². The number of nitrogens with zero attached hydrogens (tertiary/aromatic N) is 1. The Bertz CT molecular complexity index is 676. The van der Waals surface area contributed by atoms with Crippen LogP contribution in [0.1, 0.15) is 5.56 Å². The Morgan fingerprint density at radius 3 is 2.95 bits per heavy atom. The predicted octanol–water partition coefficient (Wildman–Crippen LogP) is 2.90. The van der Waals surface area contributed by atoms with Crippen molar-refractivity contribution in [1.82, 2.24) is 15.2 Å². The van der Waals surface area contributed by atoms with Gasteiger partial charge in [0.2, 0.25) is 0 Å². The van der Waals surface area contributed by atoms with Crippen molar-refractivity contribution < 1.29 is 4.79 Å². The molecule has 2 heterocycles. The number of carbonyl (C=O) groups is 1. The fourth-order valence-electron chi connectivity index (χ4n) is 2.43. The average molecular weight is 276 g/mol. The van der Waals surface area contributed by atoms with Crippen molar-refractivity contribution in [3.05, 3.63) is 47.3 Å². The van der Waals surface area contributed by atoms with Crippen molar-refractivity contribution in [2.45, 2.75) is 12.5 Å². The van der Waals surface area contributed by atoms with Crippen molar-refractivity contribution in [3.8, 4) is 0 Å². The first kappa shape index (κ1) is 12.1. The first-order chi connectivity index (χ1) is 9.08. The first-order valence-electron chi connectivity index (χ1n) is 6.05. The molecule has 2 aromatic rings. The van der Waals surface area contributed by atoms with Gasteiger partial charge in [-0.2, -0.15) is 0 Å². The molecule has 1 unspecified atom stereocenters. The van der Waals surface area contributed by atoms with E-state index in [4.69, 9.17) is 11.6 Å². The Labute approximate surface area is 116 Å². The molecule has 3 rings (SSSR count). The van der Waals surface area contributed by atoms with Crippen molar-refractivity contribution in [3.63, 3.8) is 0 Å². The second-order valence-corrected chi connectivity index (χ2v) is 5.14. The van der Waals surface area contributed by atoms with E-state index in [0.29, 0.717) is 11.4 Å². The number of hydrogen-bond donors (Lipinski definition) is 2. The SMILES string of the molecule is C=C1C(Cc2c[nH]c3c(Cl)cccc23)NC(=O)N1C. The molecule has 1 aliphatic heterocycles. The number of carbonyl (C=O) groups excluding carboxylic acids is 1. The third-order valence-electron chi connectivity index (χ3n) is 3.61. The minimum atomic E-state index is -0.104. The van der Waals surface area contributed by atoms with Gasteiger partial charge in [-0.1, -0.05) is 30.3 Å². The van der Waals surface area contributed by atoms with Gasteiger partial charge in [-0.05, 0) is 11.6 Å². The largest absolute Gasteiger partial charge is 0.360 e. The standard InChI is InChI=1S/C14H14ClN3O/c1-8-12(17-14(19)18(8)2)6-9-7-16-13-10(9)4-3-5-11(13)15/h3-5,7,12,16H,1,6H2,2H3,(H,17,19). The van der Waals surface area contributed by atoms with Crippen LogP contribution in [0.3, 0.4) is 0 Å². The predicted molar refractivity (Wildman–Crippen MR) is 76.2 cm³/mol. The molecule has 0 spiro atoms. The van der Waals surface area contributed by atoms with Crippen molar-refractivity contribution in [2.24, 2.45) is 0 Å². The summed E-state index contributed by atoms with van der Waals surface area (Å²) in [5, 5.41) is 4.70. The number of rotatable bonds is 2. The fourth-order valence-corrected chi connectivity index (χ4v) is 2.66. The number of hydrogen-bond acceptors (Lipinski definition) is 1. The van der Waals surface area contributed by atoms with Crippen LogP contribution in [0.15, 0.2) is 36.7 Å². The van der Waals surface area contributed by atoms with Gasteiger partial charge in [-0.15, -0.1) is 0 Å². The number of fused-ring (bicyclic) bond motifs is 1. The molecule has 0 aliphatic carbocycles.